The maximum atomic E-state index is 2.41. The number of fused-ring (bicyclic) bond motifs is 8. The molecule has 0 amide bonds. The van der Waals surface area contributed by atoms with Gasteiger partial charge in [0.25, 0.3) is 0 Å². The Labute approximate surface area is 320 Å². The van der Waals surface area contributed by atoms with Gasteiger partial charge < -0.3 is 9.47 Å². The van der Waals surface area contributed by atoms with Crippen LogP contribution in [0.25, 0.3) is 60.5 Å². The maximum absolute atomic E-state index is 2.41. The van der Waals surface area contributed by atoms with Crippen molar-refractivity contribution < 1.29 is 0 Å². The Morgan fingerprint density at radius 2 is 0.982 bits per heavy atom. The Hall–Kier alpha value is -7.16. The first-order chi connectivity index (χ1) is 27.3. The molecule has 2 nitrogen and oxygen atoms in total. The molecule has 0 fully saturated rings. The van der Waals surface area contributed by atoms with Crippen LogP contribution in [0, 0.1) is 0 Å². The number of aromatic nitrogens is 1. The van der Waals surface area contributed by atoms with Gasteiger partial charge in [0.2, 0.25) is 0 Å². The predicted molar refractivity (Wildman–Crippen MR) is 231 cm³/mol. The zero-order valence-electron chi connectivity index (χ0n) is 30.2. The molecule has 1 heterocycles. The van der Waals surface area contributed by atoms with Crippen LogP contribution in [-0.2, 0) is 0 Å². The first-order valence-corrected chi connectivity index (χ1v) is 19.1. The zero-order valence-corrected chi connectivity index (χ0v) is 30.2. The Kier molecular flexibility index (Phi) is 7.28. The summed E-state index contributed by atoms with van der Waals surface area (Å²) >= 11 is 0. The van der Waals surface area contributed by atoms with Crippen LogP contribution in [0.15, 0.2) is 212 Å². The van der Waals surface area contributed by atoms with Crippen LogP contribution in [-0.4, -0.2) is 4.57 Å². The van der Waals surface area contributed by atoms with E-state index < -0.39 is 0 Å². The van der Waals surface area contributed by atoms with E-state index in [1.54, 1.807) is 0 Å². The van der Waals surface area contributed by atoms with Gasteiger partial charge >= 0.3 is 0 Å². The fourth-order valence-corrected chi connectivity index (χ4v) is 9.00. The summed E-state index contributed by atoms with van der Waals surface area (Å²) in [5.41, 5.74) is 16.0. The standard InChI is InChI=1S/C53H36N2/c1-4-14-36(15-5-1)37-24-27-41(28-25-37)54(43-30-33-47-46-21-12-13-23-50(46)55(51(47)35-43)40-18-8-3-9-19-40)42-29-32-44-39(34-42)26-31-49-45-20-10-11-22-48(45)52(53(44)49)38-16-6-2-7-17-38/h1-35,52H. The zero-order chi connectivity index (χ0) is 36.3. The highest BCUT2D eigenvalue weighted by molar-refractivity contribution is 6.10. The third kappa shape index (κ3) is 5.10. The lowest BCUT2D eigenvalue weighted by atomic mass is 9.86. The molecule has 2 heteroatoms. The summed E-state index contributed by atoms with van der Waals surface area (Å²) in [5.74, 6) is 0.186. The Morgan fingerprint density at radius 1 is 0.382 bits per heavy atom. The van der Waals surface area contributed by atoms with Gasteiger partial charge in [-0.2, -0.15) is 0 Å². The van der Waals surface area contributed by atoms with Crippen molar-refractivity contribution in [1.29, 1.82) is 0 Å². The largest absolute Gasteiger partial charge is 0.310 e. The van der Waals surface area contributed by atoms with Gasteiger partial charge in [0.1, 0.15) is 0 Å². The van der Waals surface area contributed by atoms with Gasteiger partial charge in [-0.3, -0.25) is 0 Å². The van der Waals surface area contributed by atoms with Gasteiger partial charge in [-0.25, -0.2) is 0 Å². The van der Waals surface area contributed by atoms with E-state index >= 15 is 0 Å². The summed E-state index contributed by atoms with van der Waals surface area (Å²) in [6.07, 6.45) is 0. The molecule has 55 heavy (non-hydrogen) atoms. The van der Waals surface area contributed by atoms with Gasteiger partial charge in [0, 0.05) is 39.4 Å². The second-order valence-corrected chi connectivity index (χ2v) is 14.5. The Balaban J connectivity index is 1.11. The summed E-state index contributed by atoms with van der Waals surface area (Å²) in [6.45, 7) is 0. The molecule has 9 aromatic carbocycles. The number of anilines is 3. The van der Waals surface area contributed by atoms with Crippen LogP contribution in [0.1, 0.15) is 22.6 Å². The monoisotopic (exact) mass is 700 g/mol. The van der Waals surface area contributed by atoms with Crippen molar-refractivity contribution in [3.05, 3.63) is 229 Å². The summed E-state index contributed by atoms with van der Waals surface area (Å²) in [7, 11) is 0. The van der Waals surface area contributed by atoms with E-state index in [0.29, 0.717) is 0 Å². The smallest absolute Gasteiger partial charge is 0.0561 e. The van der Waals surface area contributed by atoms with E-state index in [1.807, 2.05) is 0 Å². The summed E-state index contributed by atoms with van der Waals surface area (Å²) in [6, 6.07) is 77.6. The second-order valence-electron chi connectivity index (χ2n) is 14.5. The molecule has 11 rings (SSSR count). The first-order valence-electron chi connectivity index (χ1n) is 19.1. The van der Waals surface area contributed by atoms with E-state index in [2.05, 4.69) is 222 Å². The molecular weight excluding hydrogens is 665 g/mol. The molecule has 0 saturated carbocycles. The average Bonchev–Trinajstić information content (AvgIpc) is 3.78. The normalized spacial score (nSPS) is 13.3. The van der Waals surface area contributed by atoms with Gasteiger partial charge in [-0.05, 0) is 104 Å². The third-order valence-electron chi connectivity index (χ3n) is 11.4. The molecule has 1 unspecified atom stereocenters. The van der Waals surface area contributed by atoms with Gasteiger partial charge in [-0.15, -0.1) is 0 Å². The summed E-state index contributed by atoms with van der Waals surface area (Å²) < 4.78 is 2.40. The minimum atomic E-state index is 0.186. The Bertz CT molecular complexity index is 3020. The van der Waals surface area contributed by atoms with E-state index in [1.165, 1.54) is 71.5 Å². The van der Waals surface area contributed by atoms with Crippen LogP contribution in [0.2, 0.25) is 0 Å². The number of para-hydroxylation sites is 2. The number of benzene rings is 9. The van der Waals surface area contributed by atoms with Crippen LogP contribution in [0.4, 0.5) is 17.1 Å². The summed E-state index contributed by atoms with van der Waals surface area (Å²) in [5, 5.41) is 5.02. The molecular formula is C53H36N2. The number of rotatable bonds is 6. The minimum absolute atomic E-state index is 0.186. The molecule has 1 aromatic heterocycles. The van der Waals surface area contributed by atoms with Crippen molar-refractivity contribution in [3.63, 3.8) is 0 Å². The van der Waals surface area contributed by atoms with E-state index in [-0.39, 0.29) is 5.92 Å². The van der Waals surface area contributed by atoms with Crippen molar-refractivity contribution in [2.24, 2.45) is 0 Å². The van der Waals surface area contributed by atoms with Crippen molar-refractivity contribution in [2.45, 2.75) is 5.92 Å². The molecule has 0 bridgehead atoms. The fraction of sp³-hybridized carbons (Fsp3) is 0.0189. The van der Waals surface area contributed by atoms with Crippen LogP contribution < -0.4 is 4.90 Å². The molecule has 1 aliphatic rings. The summed E-state index contributed by atoms with van der Waals surface area (Å²) in [4.78, 5) is 2.41. The highest BCUT2D eigenvalue weighted by atomic mass is 15.1. The van der Waals surface area contributed by atoms with Crippen molar-refractivity contribution >= 4 is 49.6 Å². The molecule has 258 valence electrons. The van der Waals surface area contributed by atoms with Crippen LogP contribution >= 0.6 is 0 Å². The molecule has 0 N–H and O–H groups in total. The molecule has 0 spiro atoms. The van der Waals surface area contributed by atoms with Gasteiger partial charge in [0.15, 0.2) is 0 Å². The third-order valence-corrected chi connectivity index (χ3v) is 11.4. The maximum Gasteiger partial charge on any atom is 0.0561 e. The Morgan fingerprint density at radius 3 is 1.78 bits per heavy atom. The van der Waals surface area contributed by atoms with E-state index in [0.717, 1.165) is 22.7 Å². The lowest BCUT2D eigenvalue weighted by Gasteiger charge is -2.27. The predicted octanol–water partition coefficient (Wildman–Crippen LogP) is 14.2. The fourth-order valence-electron chi connectivity index (χ4n) is 9.00. The minimum Gasteiger partial charge on any atom is -0.310 e. The number of nitrogens with zero attached hydrogens (tertiary/aromatic N) is 2. The number of hydrogen-bond donors (Lipinski definition) is 0. The van der Waals surface area contributed by atoms with Gasteiger partial charge in [-0.1, -0.05) is 158 Å². The SMILES string of the molecule is c1ccc(-c2ccc(N(c3ccc4c5c(ccc4c3)-c3ccccc3C5c3ccccc3)c3ccc4c5ccccc5n(-c5ccccc5)c4c3)cc2)cc1. The highest BCUT2D eigenvalue weighted by Gasteiger charge is 2.31. The van der Waals surface area contributed by atoms with E-state index in [9.17, 15) is 0 Å². The number of hydrogen-bond acceptors (Lipinski definition) is 1. The molecule has 1 atom stereocenters. The molecule has 10 aromatic rings. The van der Waals surface area contributed by atoms with E-state index in [4.69, 9.17) is 0 Å². The van der Waals surface area contributed by atoms with Crippen molar-refractivity contribution in [1.82, 2.24) is 4.57 Å². The van der Waals surface area contributed by atoms with Crippen molar-refractivity contribution in [3.8, 4) is 27.9 Å². The van der Waals surface area contributed by atoms with Crippen molar-refractivity contribution in [2.75, 3.05) is 4.90 Å². The lowest BCUT2D eigenvalue weighted by Crippen LogP contribution is -2.10. The highest BCUT2D eigenvalue weighted by Crippen LogP contribution is 2.51. The second kappa shape index (κ2) is 12.8. The molecule has 0 aliphatic heterocycles. The quantitative estimate of drug-likeness (QED) is 0.168. The van der Waals surface area contributed by atoms with Gasteiger partial charge in [0.05, 0.1) is 11.0 Å². The molecule has 0 radical (unpaired) electrons. The first kappa shape index (κ1) is 31.4. The average molecular weight is 701 g/mol. The molecule has 0 saturated heterocycles. The topological polar surface area (TPSA) is 8.17 Å². The molecule has 1 aliphatic carbocycles. The van der Waals surface area contributed by atoms with Crippen LogP contribution in [0.5, 0.6) is 0 Å². The lowest BCUT2D eigenvalue weighted by molar-refractivity contribution is 1.03. The van der Waals surface area contributed by atoms with Crippen LogP contribution in [0.3, 0.4) is 0 Å².